The van der Waals surface area contributed by atoms with Crippen LogP contribution in [0.3, 0.4) is 0 Å². The topological polar surface area (TPSA) is 103 Å². The fraction of sp³-hybridized carbons (Fsp3) is 0.632. The van der Waals surface area contributed by atoms with Crippen LogP contribution in [0.5, 0.6) is 5.75 Å². The van der Waals surface area contributed by atoms with E-state index in [1.165, 1.54) is 0 Å². The van der Waals surface area contributed by atoms with Gasteiger partial charge in [0.2, 0.25) is 0 Å². The van der Waals surface area contributed by atoms with Crippen LogP contribution in [0.2, 0.25) is 0 Å². The van der Waals surface area contributed by atoms with E-state index < -0.39 is 24.4 Å². The van der Waals surface area contributed by atoms with Crippen LogP contribution in [0.4, 0.5) is 5.69 Å². The highest BCUT2D eigenvalue weighted by molar-refractivity contribution is 7.80. The minimum atomic E-state index is -1.06. The molecule has 1 heterocycles. The third kappa shape index (κ3) is 6.90. The summed E-state index contributed by atoms with van der Waals surface area (Å²) in [6.07, 6.45) is -1.87. The highest BCUT2D eigenvalue weighted by Crippen LogP contribution is 2.23. The van der Waals surface area contributed by atoms with E-state index in [1.54, 1.807) is 0 Å². The minimum absolute atomic E-state index is 0.320. The van der Waals surface area contributed by atoms with Crippen molar-refractivity contribution in [2.75, 3.05) is 25.1 Å². The predicted octanol–water partition coefficient (Wildman–Crippen LogP) is 1.27. The van der Waals surface area contributed by atoms with Crippen LogP contribution < -0.4 is 15.4 Å². The summed E-state index contributed by atoms with van der Waals surface area (Å²) in [5.41, 5.74) is 0.844. The van der Waals surface area contributed by atoms with Gasteiger partial charge in [0, 0.05) is 12.2 Å². The quantitative estimate of drug-likeness (QED) is 0.396. The largest absolute Gasteiger partial charge is 0.494 e. The molecule has 0 bridgehead atoms. The van der Waals surface area contributed by atoms with E-state index in [0.717, 1.165) is 17.9 Å². The van der Waals surface area contributed by atoms with Gasteiger partial charge < -0.3 is 35.4 Å². The molecule has 1 aliphatic rings. The van der Waals surface area contributed by atoms with Gasteiger partial charge in [-0.25, -0.2) is 0 Å². The second-order valence-electron chi connectivity index (χ2n) is 7.10. The Bertz CT molecular complexity index is 584. The van der Waals surface area contributed by atoms with Gasteiger partial charge in [-0.1, -0.05) is 13.8 Å². The summed E-state index contributed by atoms with van der Waals surface area (Å²) < 4.78 is 11.1. The normalized spacial score (nSPS) is 24.8. The van der Waals surface area contributed by atoms with Gasteiger partial charge in [-0.15, -0.1) is 0 Å². The van der Waals surface area contributed by atoms with Gasteiger partial charge in [0.1, 0.15) is 24.1 Å². The maximum atomic E-state index is 9.90. The number of hydrogen-bond acceptors (Lipinski definition) is 6. The van der Waals surface area contributed by atoms with Gasteiger partial charge in [0.05, 0.1) is 19.3 Å². The summed E-state index contributed by atoms with van der Waals surface area (Å²) in [7, 11) is 0. The molecule has 0 amide bonds. The van der Waals surface area contributed by atoms with Gasteiger partial charge in [-0.05, 0) is 55.2 Å². The summed E-state index contributed by atoms with van der Waals surface area (Å²) in [4.78, 5) is 0. The number of benzene rings is 1. The van der Waals surface area contributed by atoms with Crippen molar-refractivity contribution in [3.63, 3.8) is 0 Å². The van der Waals surface area contributed by atoms with Gasteiger partial charge in [0.15, 0.2) is 5.11 Å². The number of aliphatic hydroxyl groups excluding tert-OH is 3. The molecule has 152 valence electrons. The molecule has 0 aliphatic carbocycles. The molecule has 0 saturated carbocycles. The molecule has 1 aliphatic heterocycles. The van der Waals surface area contributed by atoms with Gasteiger partial charge in [-0.2, -0.15) is 0 Å². The average molecular weight is 399 g/mol. The van der Waals surface area contributed by atoms with Crippen LogP contribution in [-0.2, 0) is 4.74 Å². The Hall–Kier alpha value is -1.45. The molecular weight excluding hydrogens is 368 g/mol. The summed E-state index contributed by atoms with van der Waals surface area (Å²) in [5, 5.41) is 35.3. The Morgan fingerprint density at radius 1 is 1.19 bits per heavy atom. The molecule has 1 aromatic carbocycles. The van der Waals surface area contributed by atoms with Gasteiger partial charge >= 0.3 is 0 Å². The van der Waals surface area contributed by atoms with Crippen molar-refractivity contribution >= 4 is 23.0 Å². The van der Waals surface area contributed by atoms with E-state index in [9.17, 15) is 10.2 Å². The lowest BCUT2D eigenvalue weighted by Gasteiger charge is -2.16. The van der Waals surface area contributed by atoms with Gasteiger partial charge in [0.25, 0.3) is 0 Å². The second-order valence-corrected chi connectivity index (χ2v) is 7.51. The average Bonchev–Trinajstić information content (AvgIpc) is 2.91. The van der Waals surface area contributed by atoms with Crippen molar-refractivity contribution in [2.45, 2.75) is 51.1 Å². The molecule has 0 radical (unpaired) electrons. The lowest BCUT2D eigenvalue weighted by Crippen LogP contribution is -2.36. The molecule has 2 unspecified atom stereocenters. The number of anilines is 1. The highest BCUT2D eigenvalue weighted by Gasteiger charge is 2.41. The smallest absolute Gasteiger partial charge is 0.170 e. The third-order valence-corrected chi connectivity index (χ3v) is 4.68. The predicted molar refractivity (Wildman–Crippen MR) is 108 cm³/mol. The highest BCUT2D eigenvalue weighted by atomic mass is 32.1. The zero-order valence-corrected chi connectivity index (χ0v) is 16.6. The molecule has 1 fully saturated rings. The van der Waals surface area contributed by atoms with Crippen LogP contribution in [-0.4, -0.2) is 64.6 Å². The van der Waals surface area contributed by atoms with E-state index in [1.807, 2.05) is 24.3 Å². The number of rotatable bonds is 9. The molecule has 5 N–H and O–H groups in total. The molecule has 4 atom stereocenters. The number of nitrogens with one attached hydrogen (secondary N) is 2. The van der Waals surface area contributed by atoms with Gasteiger partial charge in [-0.3, -0.25) is 0 Å². The lowest BCUT2D eigenvalue weighted by atomic mass is 10.1. The van der Waals surface area contributed by atoms with Crippen LogP contribution in [0.25, 0.3) is 0 Å². The summed E-state index contributed by atoms with van der Waals surface area (Å²) in [6, 6.07) is 7.57. The Labute approximate surface area is 165 Å². The number of aliphatic hydroxyl groups is 3. The van der Waals surface area contributed by atoms with Crippen LogP contribution in [0.1, 0.15) is 26.7 Å². The lowest BCUT2D eigenvalue weighted by molar-refractivity contribution is -0.0235. The van der Waals surface area contributed by atoms with E-state index in [-0.39, 0.29) is 6.61 Å². The molecule has 2 rings (SSSR count). The second kappa shape index (κ2) is 10.8. The number of ether oxygens (including phenoxy) is 2. The Kier molecular flexibility index (Phi) is 8.72. The fourth-order valence-corrected chi connectivity index (χ4v) is 2.99. The van der Waals surface area contributed by atoms with Crippen LogP contribution >= 0.6 is 12.2 Å². The summed E-state index contributed by atoms with van der Waals surface area (Å²) in [5.74, 6) is 1.44. The fourth-order valence-electron chi connectivity index (χ4n) is 2.77. The first-order chi connectivity index (χ1) is 12.9. The molecule has 8 heteroatoms. The van der Waals surface area contributed by atoms with Crippen molar-refractivity contribution in [3.8, 4) is 5.75 Å². The van der Waals surface area contributed by atoms with E-state index in [4.69, 9.17) is 26.8 Å². The van der Waals surface area contributed by atoms with E-state index in [2.05, 4.69) is 24.5 Å². The standard InChI is InChI=1S/C19H30N2O5S/c1-12(2)8-10-25-14-5-3-13(4-6-14)21-19(27)20-9-7-15-17(23)18(24)16(11-22)26-15/h3-6,12,15-18,22-24H,7-11H2,1-2H3,(H2,20,21,27)/t15-,16+,17?,18?/m0/s1. The first kappa shape index (κ1) is 21.8. The minimum Gasteiger partial charge on any atom is -0.494 e. The van der Waals surface area contributed by atoms with Crippen molar-refractivity contribution in [1.29, 1.82) is 0 Å². The zero-order chi connectivity index (χ0) is 19.8. The Morgan fingerprint density at radius 2 is 1.85 bits per heavy atom. The molecule has 0 aromatic heterocycles. The molecule has 1 saturated heterocycles. The van der Waals surface area contributed by atoms with Crippen LogP contribution in [0.15, 0.2) is 24.3 Å². The molecule has 27 heavy (non-hydrogen) atoms. The van der Waals surface area contributed by atoms with Crippen molar-refractivity contribution in [1.82, 2.24) is 5.32 Å². The molecular formula is C19H30N2O5S. The summed E-state index contributed by atoms with van der Waals surface area (Å²) in [6.45, 7) is 5.17. The number of thiocarbonyl (C=S) groups is 1. The first-order valence-electron chi connectivity index (χ1n) is 9.31. The van der Waals surface area contributed by atoms with Crippen molar-refractivity contribution in [2.24, 2.45) is 5.92 Å². The third-order valence-electron chi connectivity index (χ3n) is 4.43. The van der Waals surface area contributed by atoms with Crippen molar-refractivity contribution in [3.05, 3.63) is 24.3 Å². The molecule has 7 nitrogen and oxygen atoms in total. The SMILES string of the molecule is CC(C)CCOc1ccc(NC(=S)NCC[C@@H]2O[C@H](CO)C(O)C2O)cc1. The molecule has 0 spiro atoms. The van der Waals surface area contributed by atoms with E-state index in [0.29, 0.717) is 30.6 Å². The summed E-state index contributed by atoms with van der Waals surface area (Å²) >= 11 is 5.26. The first-order valence-corrected chi connectivity index (χ1v) is 9.71. The Morgan fingerprint density at radius 3 is 2.44 bits per heavy atom. The molecule has 1 aromatic rings. The maximum absolute atomic E-state index is 9.90. The zero-order valence-electron chi connectivity index (χ0n) is 15.8. The van der Waals surface area contributed by atoms with Crippen molar-refractivity contribution < 1.29 is 24.8 Å². The Balaban J connectivity index is 1.68. The van der Waals surface area contributed by atoms with E-state index >= 15 is 0 Å². The van der Waals surface area contributed by atoms with Crippen LogP contribution in [0, 0.1) is 5.92 Å². The maximum Gasteiger partial charge on any atom is 0.170 e. The number of hydrogen-bond donors (Lipinski definition) is 5. The monoisotopic (exact) mass is 398 g/mol.